The average Bonchev–Trinajstić information content (AvgIpc) is 3.09. The van der Waals surface area contributed by atoms with Gasteiger partial charge in [-0.1, -0.05) is 25.1 Å². The maximum Gasteiger partial charge on any atom is 0.226 e. The number of nitrogens with one attached hydrogen (secondary N) is 1. The topological polar surface area (TPSA) is 69.0 Å². The predicted molar refractivity (Wildman–Crippen MR) is 86.0 cm³/mol. The van der Waals surface area contributed by atoms with Gasteiger partial charge in [0.15, 0.2) is 5.82 Å². The minimum atomic E-state index is -0.0677. The average molecular weight is 314 g/mol. The fourth-order valence-electron chi connectivity index (χ4n) is 3.02. The molecule has 0 aliphatic carbocycles. The molecule has 1 aliphatic heterocycles. The van der Waals surface area contributed by atoms with Crippen molar-refractivity contribution >= 4 is 5.91 Å². The number of ether oxygens (including phenoxy) is 1. The monoisotopic (exact) mass is 314 g/mol. The Labute approximate surface area is 135 Å². The molecule has 2 aromatic rings. The number of carbonyl (C=O) groups is 1. The van der Waals surface area contributed by atoms with E-state index < -0.39 is 0 Å². The minimum absolute atomic E-state index is 0.0238. The molecule has 0 radical (unpaired) electrons. The van der Waals surface area contributed by atoms with Crippen LogP contribution in [0.1, 0.15) is 32.0 Å². The molecule has 2 heterocycles. The summed E-state index contributed by atoms with van der Waals surface area (Å²) in [5.41, 5.74) is 0.981. The van der Waals surface area contributed by atoms with Crippen LogP contribution in [0.3, 0.4) is 0 Å². The van der Waals surface area contributed by atoms with Gasteiger partial charge in [0.1, 0.15) is 6.33 Å². The molecule has 6 heteroatoms. The number of amides is 1. The van der Waals surface area contributed by atoms with Gasteiger partial charge < -0.3 is 10.1 Å². The van der Waals surface area contributed by atoms with E-state index in [1.54, 1.807) is 6.33 Å². The van der Waals surface area contributed by atoms with Crippen LogP contribution in [0.4, 0.5) is 0 Å². The van der Waals surface area contributed by atoms with E-state index in [1.165, 1.54) is 0 Å². The number of benzene rings is 1. The lowest BCUT2D eigenvalue weighted by Gasteiger charge is -2.30. The fourth-order valence-corrected chi connectivity index (χ4v) is 3.02. The molecule has 1 aliphatic rings. The number of para-hydroxylation sites is 1. The molecule has 2 atom stereocenters. The Bertz CT molecular complexity index is 641. The van der Waals surface area contributed by atoms with Crippen molar-refractivity contribution in [2.75, 3.05) is 6.61 Å². The lowest BCUT2D eigenvalue weighted by molar-refractivity contribution is -0.134. The van der Waals surface area contributed by atoms with Crippen LogP contribution < -0.4 is 5.32 Å². The Morgan fingerprint density at radius 2 is 2.22 bits per heavy atom. The van der Waals surface area contributed by atoms with Crippen molar-refractivity contribution < 1.29 is 9.53 Å². The molecule has 6 nitrogen and oxygen atoms in total. The second-order valence-corrected chi connectivity index (χ2v) is 5.74. The van der Waals surface area contributed by atoms with Crippen molar-refractivity contribution in [1.29, 1.82) is 0 Å². The molecule has 0 saturated carbocycles. The summed E-state index contributed by atoms with van der Waals surface area (Å²) in [6.07, 6.45) is 4.37. The molecule has 0 bridgehead atoms. The van der Waals surface area contributed by atoms with Crippen LogP contribution in [0.5, 0.6) is 0 Å². The van der Waals surface area contributed by atoms with Gasteiger partial charge in [0.05, 0.1) is 18.6 Å². The van der Waals surface area contributed by atoms with Gasteiger partial charge in [-0.15, -0.1) is 10.2 Å². The van der Waals surface area contributed by atoms with Crippen molar-refractivity contribution in [2.24, 2.45) is 5.92 Å². The minimum Gasteiger partial charge on any atom is -0.377 e. The van der Waals surface area contributed by atoms with Gasteiger partial charge in [-0.2, -0.15) is 0 Å². The smallest absolute Gasteiger partial charge is 0.226 e. The van der Waals surface area contributed by atoms with Crippen LogP contribution in [-0.4, -0.2) is 33.4 Å². The van der Waals surface area contributed by atoms with Gasteiger partial charge in [-0.05, 0) is 31.4 Å². The Morgan fingerprint density at radius 1 is 1.39 bits per heavy atom. The van der Waals surface area contributed by atoms with Crippen LogP contribution in [0.25, 0.3) is 5.69 Å². The molecular weight excluding hydrogens is 292 g/mol. The number of hydrogen-bond acceptors (Lipinski definition) is 4. The second-order valence-electron chi connectivity index (χ2n) is 5.74. The predicted octanol–water partition coefficient (Wildman–Crippen LogP) is 2.09. The van der Waals surface area contributed by atoms with E-state index in [4.69, 9.17) is 4.74 Å². The first-order chi connectivity index (χ1) is 11.3. The number of nitrogens with zero attached hydrogens (tertiary/aromatic N) is 3. The first-order valence-corrected chi connectivity index (χ1v) is 8.13. The molecule has 23 heavy (non-hydrogen) atoms. The standard InChI is InChI=1S/C17H22N4O2/c1-2-15-14(9-6-10-23-15)17(22)18-11-16-20-19-12-21(16)13-7-4-3-5-8-13/h3-5,7-8,12,14-15H,2,6,9-11H2,1H3,(H,18,22)/t14-,15+/m0/s1. The zero-order valence-corrected chi connectivity index (χ0v) is 13.3. The van der Waals surface area contributed by atoms with Gasteiger partial charge in [0.25, 0.3) is 0 Å². The molecule has 1 aromatic carbocycles. The maximum atomic E-state index is 12.5. The van der Waals surface area contributed by atoms with Crippen molar-refractivity contribution in [2.45, 2.75) is 38.8 Å². The van der Waals surface area contributed by atoms with E-state index in [2.05, 4.69) is 22.4 Å². The number of aromatic nitrogens is 3. The van der Waals surface area contributed by atoms with Crippen LogP contribution in [0.2, 0.25) is 0 Å². The number of carbonyl (C=O) groups excluding carboxylic acids is 1. The highest BCUT2D eigenvalue weighted by molar-refractivity contribution is 5.79. The molecule has 1 fully saturated rings. The number of hydrogen-bond donors (Lipinski definition) is 1. The lowest BCUT2D eigenvalue weighted by atomic mass is 9.92. The number of rotatable bonds is 5. The Hall–Kier alpha value is -2.21. The molecule has 0 unspecified atom stereocenters. The second kappa shape index (κ2) is 7.37. The maximum absolute atomic E-state index is 12.5. The quantitative estimate of drug-likeness (QED) is 0.917. The van der Waals surface area contributed by atoms with E-state index in [-0.39, 0.29) is 17.9 Å². The van der Waals surface area contributed by atoms with Gasteiger partial charge in [-0.25, -0.2) is 0 Å². The fraction of sp³-hybridized carbons (Fsp3) is 0.471. The van der Waals surface area contributed by atoms with E-state index in [1.807, 2.05) is 34.9 Å². The summed E-state index contributed by atoms with van der Waals surface area (Å²) in [5, 5.41) is 11.1. The summed E-state index contributed by atoms with van der Waals surface area (Å²) in [7, 11) is 0. The van der Waals surface area contributed by atoms with Crippen LogP contribution >= 0.6 is 0 Å². The first kappa shape index (κ1) is 15.7. The lowest BCUT2D eigenvalue weighted by Crippen LogP contribution is -2.41. The third kappa shape index (κ3) is 3.59. The zero-order valence-electron chi connectivity index (χ0n) is 13.3. The Morgan fingerprint density at radius 3 is 3.00 bits per heavy atom. The third-order valence-corrected chi connectivity index (χ3v) is 4.25. The Balaban J connectivity index is 1.65. The highest BCUT2D eigenvalue weighted by Crippen LogP contribution is 2.23. The van der Waals surface area contributed by atoms with Gasteiger partial charge in [0, 0.05) is 12.3 Å². The summed E-state index contributed by atoms with van der Waals surface area (Å²) in [5.74, 6) is 0.690. The van der Waals surface area contributed by atoms with E-state index in [0.29, 0.717) is 12.4 Å². The van der Waals surface area contributed by atoms with Crippen LogP contribution in [0, 0.1) is 5.92 Å². The summed E-state index contributed by atoms with van der Waals surface area (Å²) < 4.78 is 7.58. The van der Waals surface area contributed by atoms with Crippen molar-refractivity contribution in [1.82, 2.24) is 20.1 Å². The molecule has 1 saturated heterocycles. The third-order valence-electron chi connectivity index (χ3n) is 4.25. The summed E-state index contributed by atoms with van der Waals surface area (Å²) in [6, 6.07) is 9.85. The molecule has 1 amide bonds. The Kier molecular flexibility index (Phi) is 5.02. The van der Waals surface area contributed by atoms with Gasteiger partial charge in [0.2, 0.25) is 5.91 Å². The van der Waals surface area contributed by atoms with Crippen molar-refractivity contribution in [3.63, 3.8) is 0 Å². The van der Waals surface area contributed by atoms with Crippen molar-refractivity contribution in [3.8, 4) is 5.69 Å². The molecule has 3 rings (SSSR count). The summed E-state index contributed by atoms with van der Waals surface area (Å²) in [6.45, 7) is 3.17. The van der Waals surface area contributed by atoms with E-state index in [9.17, 15) is 4.79 Å². The van der Waals surface area contributed by atoms with Crippen LogP contribution in [-0.2, 0) is 16.1 Å². The van der Waals surface area contributed by atoms with Gasteiger partial charge >= 0.3 is 0 Å². The molecule has 1 aromatic heterocycles. The van der Waals surface area contributed by atoms with E-state index in [0.717, 1.165) is 31.6 Å². The SMILES string of the molecule is CC[C@H]1OCCC[C@@H]1C(=O)NCc1nncn1-c1ccccc1. The zero-order chi connectivity index (χ0) is 16.1. The molecule has 122 valence electrons. The van der Waals surface area contributed by atoms with Crippen LogP contribution in [0.15, 0.2) is 36.7 Å². The van der Waals surface area contributed by atoms with E-state index >= 15 is 0 Å². The van der Waals surface area contributed by atoms with Gasteiger partial charge in [-0.3, -0.25) is 9.36 Å². The highest BCUT2D eigenvalue weighted by Gasteiger charge is 2.30. The van der Waals surface area contributed by atoms with Crippen molar-refractivity contribution in [3.05, 3.63) is 42.5 Å². The normalized spacial score (nSPS) is 21.1. The highest BCUT2D eigenvalue weighted by atomic mass is 16.5. The first-order valence-electron chi connectivity index (χ1n) is 8.13. The molecular formula is C17H22N4O2. The summed E-state index contributed by atoms with van der Waals surface area (Å²) in [4.78, 5) is 12.5. The summed E-state index contributed by atoms with van der Waals surface area (Å²) >= 11 is 0. The molecule has 1 N–H and O–H groups in total. The molecule has 0 spiro atoms. The largest absolute Gasteiger partial charge is 0.377 e.